The van der Waals surface area contributed by atoms with Crippen LogP contribution in [-0.2, 0) is 11.3 Å². The zero-order chi connectivity index (χ0) is 13.7. The van der Waals surface area contributed by atoms with Crippen molar-refractivity contribution in [2.75, 3.05) is 6.54 Å². The highest BCUT2D eigenvalue weighted by molar-refractivity contribution is 5.69. The summed E-state index contributed by atoms with van der Waals surface area (Å²) in [6.07, 6.45) is 5.96. The second-order valence-corrected chi connectivity index (χ2v) is 4.86. The van der Waals surface area contributed by atoms with Crippen LogP contribution in [0.3, 0.4) is 0 Å². The van der Waals surface area contributed by atoms with Gasteiger partial charge in [0.25, 0.3) is 0 Å². The quantitative estimate of drug-likeness (QED) is 0.872. The maximum absolute atomic E-state index is 11.0. The van der Waals surface area contributed by atoms with Crippen molar-refractivity contribution in [3.05, 3.63) is 29.6 Å². The Morgan fingerprint density at radius 2 is 2.26 bits per heavy atom. The molecule has 1 aromatic rings. The molecule has 5 heteroatoms. The molecule has 19 heavy (non-hydrogen) atoms. The number of nitrogens with zero attached hydrogens (tertiary/aromatic N) is 3. The fourth-order valence-electron chi connectivity index (χ4n) is 2.64. The molecule has 1 fully saturated rings. The van der Waals surface area contributed by atoms with Gasteiger partial charge >= 0.3 is 5.97 Å². The van der Waals surface area contributed by atoms with Crippen LogP contribution in [0.4, 0.5) is 0 Å². The van der Waals surface area contributed by atoms with Crippen LogP contribution in [-0.4, -0.2) is 33.5 Å². The fraction of sp³-hybridized carbons (Fsp3) is 0.500. The lowest BCUT2D eigenvalue weighted by Crippen LogP contribution is -2.37. The Balaban J connectivity index is 2.15. The molecule has 0 saturated heterocycles. The Kier molecular flexibility index (Phi) is 4.48. The van der Waals surface area contributed by atoms with E-state index in [1.54, 1.807) is 12.3 Å². The molecule has 0 aromatic carbocycles. The normalized spacial score (nSPS) is 15.6. The van der Waals surface area contributed by atoms with Crippen LogP contribution in [0, 0.1) is 11.3 Å². The van der Waals surface area contributed by atoms with Gasteiger partial charge < -0.3 is 5.11 Å². The maximum Gasteiger partial charge on any atom is 0.317 e. The van der Waals surface area contributed by atoms with Crippen molar-refractivity contribution in [1.29, 1.82) is 5.26 Å². The molecule has 0 amide bonds. The summed E-state index contributed by atoms with van der Waals surface area (Å²) in [6, 6.07) is 5.99. The molecule has 0 unspecified atom stereocenters. The van der Waals surface area contributed by atoms with E-state index in [0.717, 1.165) is 31.2 Å². The van der Waals surface area contributed by atoms with E-state index in [0.29, 0.717) is 18.3 Å². The smallest absolute Gasteiger partial charge is 0.317 e. The van der Waals surface area contributed by atoms with Crippen LogP contribution in [0.1, 0.15) is 36.9 Å². The maximum atomic E-state index is 11.0. The SMILES string of the molecule is N#Cc1ncccc1CN(CC(=O)O)C1CCCC1. The first-order chi connectivity index (χ1) is 9.20. The molecule has 1 aliphatic rings. The molecule has 0 bridgehead atoms. The van der Waals surface area contributed by atoms with Gasteiger partial charge in [0.1, 0.15) is 11.8 Å². The summed E-state index contributed by atoms with van der Waals surface area (Å²) in [5.41, 5.74) is 1.19. The van der Waals surface area contributed by atoms with E-state index in [1.807, 2.05) is 11.0 Å². The average Bonchev–Trinajstić information content (AvgIpc) is 2.92. The number of carbonyl (C=O) groups is 1. The summed E-state index contributed by atoms with van der Waals surface area (Å²) in [6.45, 7) is 0.498. The summed E-state index contributed by atoms with van der Waals surface area (Å²) in [5, 5.41) is 18.1. The highest BCUT2D eigenvalue weighted by atomic mass is 16.4. The Bertz CT molecular complexity index is 490. The van der Waals surface area contributed by atoms with E-state index in [-0.39, 0.29) is 6.54 Å². The molecule has 1 aliphatic carbocycles. The molecule has 0 spiro atoms. The van der Waals surface area contributed by atoms with Gasteiger partial charge in [0.15, 0.2) is 0 Å². The van der Waals surface area contributed by atoms with Gasteiger partial charge in [-0.1, -0.05) is 18.9 Å². The zero-order valence-electron chi connectivity index (χ0n) is 10.7. The van der Waals surface area contributed by atoms with Crippen LogP contribution >= 0.6 is 0 Å². The molecule has 1 saturated carbocycles. The topological polar surface area (TPSA) is 77.2 Å². The largest absolute Gasteiger partial charge is 0.480 e. The molecule has 100 valence electrons. The van der Waals surface area contributed by atoms with Gasteiger partial charge in [-0.05, 0) is 18.9 Å². The molecule has 0 aliphatic heterocycles. The number of aromatic nitrogens is 1. The number of rotatable bonds is 5. The second kappa shape index (κ2) is 6.30. The molecule has 1 heterocycles. The molecule has 0 atom stereocenters. The number of pyridine rings is 1. The van der Waals surface area contributed by atoms with Gasteiger partial charge in [-0.3, -0.25) is 9.69 Å². The van der Waals surface area contributed by atoms with Crippen molar-refractivity contribution < 1.29 is 9.90 Å². The average molecular weight is 259 g/mol. The lowest BCUT2D eigenvalue weighted by atomic mass is 10.1. The van der Waals surface area contributed by atoms with Gasteiger partial charge in [-0.25, -0.2) is 4.98 Å². The third kappa shape index (κ3) is 3.52. The predicted molar refractivity (Wildman–Crippen MR) is 69.3 cm³/mol. The monoisotopic (exact) mass is 259 g/mol. The fourth-order valence-corrected chi connectivity index (χ4v) is 2.64. The van der Waals surface area contributed by atoms with E-state index in [2.05, 4.69) is 11.1 Å². The highest BCUT2D eigenvalue weighted by Crippen LogP contribution is 2.25. The lowest BCUT2D eigenvalue weighted by molar-refractivity contribution is -0.139. The third-order valence-corrected chi connectivity index (χ3v) is 3.55. The number of aliphatic carboxylic acids is 1. The second-order valence-electron chi connectivity index (χ2n) is 4.86. The van der Waals surface area contributed by atoms with Crippen molar-refractivity contribution in [1.82, 2.24) is 9.88 Å². The minimum atomic E-state index is -0.825. The minimum absolute atomic E-state index is 0.0183. The molecule has 5 nitrogen and oxygen atoms in total. The first-order valence-electron chi connectivity index (χ1n) is 6.50. The zero-order valence-corrected chi connectivity index (χ0v) is 10.7. The summed E-state index contributed by atoms with van der Waals surface area (Å²) >= 11 is 0. The van der Waals surface area contributed by atoms with E-state index in [4.69, 9.17) is 10.4 Å². The highest BCUT2D eigenvalue weighted by Gasteiger charge is 2.25. The molecular formula is C14H17N3O2. The molecule has 2 rings (SSSR count). The number of carboxylic acid groups (broad SMARTS) is 1. The third-order valence-electron chi connectivity index (χ3n) is 3.55. The van der Waals surface area contributed by atoms with Crippen LogP contribution in [0.2, 0.25) is 0 Å². The summed E-state index contributed by atoms with van der Waals surface area (Å²) < 4.78 is 0. The Morgan fingerprint density at radius 3 is 2.89 bits per heavy atom. The van der Waals surface area contributed by atoms with Gasteiger partial charge in [-0.2, -0.15) is 5.26 Å². The van der Waals surface area contributed by atoms with E-state index < -0.39 is 5.97 Å². The molecule has 1 aromatic heterocycles. The van der Waals surface area contributed by atoms with Crippen LogP contribution < -0.4 is 0 Å². The standard InChI is InChI=1S/C14H17N3O2/c15-8-13-11(4-3-7-16-13)9-17(10-14(18)19)12-5-1-2-6-12/h3-4,7,12H,1-2,5-6,9-10H2,(H,18,19). The lowest BCUT2D eigenvalue weighted by Gasteiger charge is -2.27. The predicted octanol–water partition coefficient (Wildman–Crippen LogP) is 1.78. The van der Waals surface area contributed by atoms with Crippen LogP contribution in [0.5, 0.6) is 0 Å². The van der Waals surface area contributed by atoms with Crippen LogP contribution in [0.25, 0.3) is 0 Å². The van der Waals surface area contributed by atoms with Crippen molar-refractivity contribution in [3.8, 4) is 6.07 Å². The number of carboxylic acids is 1. The van der Waals surface area contributed by atoms with Crippen molar-refractivity contribution in [2.45, 2.75) is 38.3 Å². The van der Waals surface area contributed by atoms with Gasteiger partial charge in [0, 0.05) is 24.3 Å². The number of hydrogen-bond donors (Lipinski definition) is 1. The van der Waals surface area contributed by atoms with E-state index in [9.17, 15) is 4.79 Å². The minimum Gasteiger partial charge on any atom is -0.480 e. The van der Waals surface area contributed by atoms with Gasteiger partial charge in [0.05, 0.1) is 6.54 Å². The Labute approximate surface area is 112 Å². The summed E-state index contributed by atoms with van der Waals surface area (Å²) in [7, 11) is 0. The molecular weight excluding hydrogens is 242 g/mol. The summed E-state index contributed by atoms with van der Waals surface area (Å²) in [4.78, 5) is 17.0. The first kappa shape index (κ1) is 13.5. The van der Waals surface area contributed by atoms with E-state index >= 15 is 0 Å². The molecule has 0 radical (unpaired) electrons. The molecule has 1 N–H and O–H groups in total. The Morgan fingerprint density at radius 1 is 1.53 bits per heavy atom. The van der Waals surface area contributed by atoms with Crippen molar-refractivity contribution in [2.24, 2.45) is 0 Å². The Hall–Kier alpha value is -1.93. The van der Waals surface area contributed by atoms with Crippen molar-refractivity contribution in [3.63, 3.8) is 0 Å². The van der Waals surface area contributed by atoms with E-state index in [1.165, 1.54) is 0 Å². The number of hydrogen-bond acceptors (Lipinski definition) is 4. The van der Waals surface area contributed by atoms with Gasteiger partial charge in [-0.15, -0.1) is 0 Å². The number of nitriles is 1. The van der Waals surface area contributed by atoms with Crippen LogP contribution in [0.15, 0.2) is 18.3 Å². The van der Waals surface area contributed by atoms with Crippen molar-refractivity contribution >= 4 is 5.97 Å². The summed E-state index contributed by atoms with van der Waals surface area (Å²) in [5.74, 6) is -0.825. The van der Waals surface area contributed by atoms with Gasteiger partial charge in [0.2, 0.25) is 0 Å². The first-order valence-corrected chi connectivity index (χ1v) is 6.50.